The van der Waals surface area contributed by atoms with Crippen molar-refractivity contribution in [3.8, 4) is 0 Å². The third-order valence-corrected chi connectivity index (χ3v) is 4.49. The summed E-state index contributed by atoms with van der Waals surface area (Å²) in [6, 6.07) is 6.90. The van der Waals surface area contributed by atoms with E-state index in [2.05, 4.69) is 63.3 Å². The molecule has 0 spiro atoms. The Labute approximate surface area is 155 Å². The van der Waals surface area contributed by atoms with Crippen molar-refractivity contribution >= 4 is 22.9 Å². The van der Waals surface area contributed by atoms with Gasteiger partial charge in [-0.25, -0.2) is 0 Å². The molecular formula is C25H36. The molecular weight excluding hydrogens is 300 g/mol. The van der Waals surface area contributed by atoms with Gasteiger partial charge >= 0.3 is 0 Å². The van der Waals surface area contributed by atoms with Crippen LogP contribution in [0.5, 0.6) is 0 Å². The highest BCUT2D eigenvalue weighted by Gasteiger charge is 2.17. The zero-order valence-corrected chi connectivity index (χ0v) is 17.4. The molecule has 136 valence electrons. The summed E-state index contributed by atoms with van der Waals surface area (Å²) in [4.78, 5) is 0. The van der Waals surface area contributed by atoms with Crippen molar-refractivity contribution < 1.29 is 0 Å². The maximum Gasteiger partial charge on any atom is -0.00999 e. The monoisotopic (exact) mass is 336 g/mol. The van der Waals surface area contributed by atoms with Crippen molar-refractivity contribution in [1.82, 2.24) is 0 Å². The Kier molecular flexibility index (Phi) is 9.27. The Balaban J connectivity index is 0.000000730. The smallest absolute Gasteiger partial charge is 0.00999 e. The minimum atomic E-state index is 1.09. The van der Waals surface area contributed by atoms with E-state index < -0.39 is 0 Å². The molecule has 0 unspecified atom stereocenters. The summed E-state index contributed by atoms with van der Waals surface area (Å²) < 4.78 is 0. The quantitative estimate of drug-likeness (QED) is 0.530. The molecule has 1 aliphatic rings. The molecule has 3 rings (SSSR count). The number of rotatable bonds is 3. The van der Waals surface area contributed by atoms with Crippen molar-refractivity contribution in [3.63, 3.8) is 0 Å². The summed E-state index contributed by atoms with van der Waals surface area (Å²) in [6.45, 7) is 14.7. The molecule has 0 fully saturated rings. The summed E-state index contributed by atoms with van der Waals surface area (Å²) >= 11 is 0. The minimum absolute atomic E-state index is 1.09. The second kappa shape index (κ2) is 10.9. The molecule has 0 radical (unpaired) electrons. The van der Waals surface area contributed by atoms with Gasteiger partial charge in [-0.1, -0.05) is 89.6 Å². The van der Waals surface area contributed by atoms with Gasteiger partial charge in [0.2, 0.25) is 0 Å². The van der Waals surface area contributed by atoms with Gasteiger partial charge in [-0.3, -0.25) is 0 Å². The first kappa shape index (κ1) is 21.2. The summed E-state index contributed by atoms with van der Waals surface area (Å²) in [5, 5.41) is 2.83. The second-order valence-electron chi connectivity index (χ2n) is 5.94. The van der Waals surface area contributed by atoms with E-state index in [1.54, 1.807) is 11.1 Å². The van der Waals surface area contributed by atoms with Crippen LogP contribution in [0.3, 0.4) is 0 Å². The Hall–Kier alpha value is -1.82. The number of hydrogen-bond donors (Lipinski definition) is 0. The fourth-order valence-electron chi connectivity index (χ4n) is 3.50. The van der Waals surface area contributed by atoms with Gasteiger partial charge in [-0.2, -0.15) is 0 Å². The van der Waals surface area contributed by atoms with E-state index in [1.807, 2.05) is 27.7 Å². The molecule has 1 aliphatic carbocycles. The highest BCUT2D eigenvalue weighted by molar-refractivity contribution is 5.99. The standard InChI is InChI=1S/C21H24.2C2H6/c1-4-6-9-18-16(5-2)17-10-7-8-11-19(17)20-13-12-15(3)14-21(18)20;2*1-2/h6,8-9,11-14H,4-5,7,10H2,1-3H3;2*1-2H3/b9-6-;;. The lowest BCUT2D eigenvalue weighted by atomic mass is 9.83. The van der Waals surface area contributed by atoms with E-state index >= 15 is 0 Å². The number of aryl methyl sites for hydroxylation is 1. The van der Waals surface area contributed by atoms with Gasteiger partial charge in [0.1, 0.15) is 0 Å². The van der Waals surface area contributed by atoms with Gasteiger partial charge in [-0.05, 0) is 65.6 Å². The fourth-order valence-corrected chi connectivity index (χ4v) is 3.50. The van der Waals surface area contributed by atoms with Gasteiger partial charge < -0.3 is 0 Å². The second-order valence-corrected chi connectivity index (χ2v) is 5.94. The molecule has 2 aromatic rings. The number of fused-ring (bicyclic) bond motifs is 3. The average Bonchev–Trinajstić information content (AvgIpc) is 2.68. The van der Waals surface area contributed by atoms with Gasteiger partial charge in [-0.15, -0.1) is 0 Å². The minimum Gasteiger partial charge on any atom is -0.0842 e. The van der Waals surface area contributed by atoms with Crippen LogP contribution in [0, 0.1) is 6.92 Å². The van der Waals surface area contributed by atoms with Crippen LogP contribution in [0.25, 0.3) is 22.9 Å². The number of hydrogen-bond acceptors (Lipinski definition) is 0. The van der Waals surface area contributed by atoms with Crippen molar-refractivity contribution in [2.24, 2.45) is 0 Å². The Morgan fingerprint density at radius 3 is 2.36 bits per heavy atom. The van der Waals surface area contributed by atoms with Crippen LogP contribution in [0.1, 0.15) is 82.2 Å². The predicted octanol–water partition coefficient (Wildman–Crippen LogP) is 8.15. The normalized spacial score (nSPS) is 12.3. The van der Waals surface area contributed by atoms with E-state index in [0.29, 0.717) is 0 Å². The molecule has 0 aliphatic heterocycles. The number of benzene rings is 2. The topological polar surface area (TPSA) is 0 Å². The first-order valence-electron chi connectivity index (χ1n) is 10.2. The van der Waals surface area contributed by atoms with Gasteiger partial charge in [0.05, 0.1) is 0 Å². The van der Waals surface area contributed by atoms with Crippen molar-refractivity contribution in [2.75, 3.05) is 0 Å². The fraction of sp³-hybridized carbons (Fsp3) is 0.440. The average molecular weight is 337 g/mol. The van der Waals surface area contributed by atoms with Gasteiger partial charge in [0.15, 0.2) is 0 Å². The molecule has 2 aromatic carbocycles. The highest BCUT2D eigenvalue weighted by atomic mass is 14.2. The first-order valence-corrected chi connectivity index (χ1v) is 10.2. The Bertz CT molecular complexity index is 730. The molecule has 0 aromatic heterocycles. The van der Waals surface area contributed by atoms with Crippen LogP contribution < -0.4 is 0 Å². The van der Waals surface area contributed by atoms with Crippen molar-refractivity contribution in [1.29, 1.82) is 0 Å². The van der Waals surface area contributed by atoms with E-state index in [4.69, 9.17) is 0 Å². The maximum atomic E-state index is 2.35. The van der Waals surface area contributed by atoms with Crippen molar-refractivity contribution in [3.05, 3.63) is 58.2 Å². The van der Waals surface area contributed by atoms with Crippen LogP contribution in [0.2, 0.25) is 0 Å². The summed E-state index contributed by atoms with van der Waals surface area (Å²) in [5.41, 5.74) is 7.38. The third-order valence-electron chi connectivity index (χ3n) is 4.49. The Morgan fingerprint density at radius 1 is 1.00 bits per heavy atom. The van der Waals surface area contributed by atoms with E-state index in [-0.39, 0.29) is 0 Å². The molecule has 0 saturated carbocycles. The van der Waals surface area contributed by atoms with Gasteiger partial charge in [0, 0.05) is 0 Å². The van der Waals surface area contributed by atoms with E-state index in [9.17, 15) is 0 Å². The Morgan fingerprint density at radius 2 is 1.72 bits per heavy atom. The first-order chi connectivity index (χ1) is 12.3. The van der Waals surface area contributed by atoms with Crippen LogP contribution in [-0.4, -0.2) is 0 Å². The van der Waals surface area contributed by atoms with E-state index in [0.717, 1.165) is 12.8 Å². The molecule has 0 heterocycles. The molecule has 0 N–H and O–H groups in total. The summed E-state index contributed by atoms with van der Waals surface area (Å²) in [7, 11) is 0. The third kappa shape index (κ3) is 4.63. The molecule has 0 nitrogen and oxygen atoms in total. The van der Waals surface area contributed by atoms with Crippen LogP contribution >= 0.6 is 0 Å². The number of allylic oxidation sites excluding steroid dienone is 2. The van der Waals surface area contributed by atoms with E-state index in [1.165, 1.54) is 40.3 Å². The van der Waals surface area contributed by atoms with Crippen LogP contribution in [-0.2, 0) is 12.8 Å². The van der Waals surface area contributed by atoms with Crippen LogP contribution in [0.4, 0.5) is 0 Å². The lowest BCUT2D eigenvalue weighted by Gasteiger charge is -2.21. The zero-order valence-electron chi connectivity index (χ0n) is 17.4. The summed E-state index contributed by atoms with van der Waals surface area (Å²) in [5.74, 6) is 0. The largest absolute Gasteiger partial charge is 0.0842 e. The molecule has 0 atom stereocenters. The van der Waals surface area contributed by atoms with Crippen molar-refractivity contribution in [2.45, 2.75) is 74.1 Å². The molecule has 0 amide bonds. The van der Waals surface area contributed by atoms with Gasteiger partial charge in [0.25, 0.3) is 0 Å². The SMILES string of the molecule is CC.CC.CC/C=C\c1c(CC)c2c(c3ccc(C)cc13)C=CCC2. The molecule has 0 heteroatoms. The lowest BCUT2D eigenvalue weighted by molar-refractivity contribution is 0.949. The molecule has 0 bridgehead atoms. The maximum absolute atomic E-state index is 2.35. The predicted molar refractivity (Wildman–Crippen MR) is 117 cm³/mol. The molecule has 0 saturated heterocycles. The molecule has 25 heavy (non-hydrogen) atoms. The zero-order chi connectivity index (χ0) is 18.8. The lowest BCUT2D eigenvalue weighted by Crippen LogP contribution is -2.04. The van der Waals surface area contributed by atoms with Crippen LogP contribution in [0.15, 0.2) is 30.4 Å². The highest BCUT2D eigenvalue weighted by Crippen LogP contribution is 2.36. The summed E-state index contributed by atoms with van der Waals surface area (Å²) in [6.07, 6.45) is 13.9.